The third-order valence-corrected chi connectivity index (χ3v) is 5.43. The molecule has 2 amide bonds. The summed E-state index contributed by atoms with van der Waals surface area (Å²) in [6.07, 6.45) is 1.05. The molecule has 1 aliphatic rings. The largest absolute Gasteiger partial charge is 0.354 e. The third-order valence-electron chi connectivity index (χ3n) is 3.59. The molecule has 0 saturated carbocycles. The van der Waals surface area contributed by atoms with Crippen LogP contribution >= 0.6 is 0 Å². The van der Waals surface area contributed by atoms with Gasteiger partial charge in [-0.2, -0.15) is 4.31 Å². The standard InChI is InChI=1S/C15H22N4O4S/c1-16-7-3-6-14(20)18-12-4-2-5-13(10-12)24(22,23)19-9-8-17-15(21)11-19/h2,4-5,10,16H,3,6-9,11H2,1H3,(H,17,21)(H,18,20). The molecule has 0 unspecified atom stereocenters. The molecule has 0 spiro atoms. The van der Waals surface area contributed by atoms with Crippen LogP contribution in [0.2, 0.25) is 0 Å². The van der Waals surface area contributed by atoms with E-state index in [2.05, 4.69) is 16.0 Å². The lowest BCUT2D eigenvalue weighted by atomic mass is 10.2. The number of nitrogens with zero attached hydrogens (tertiary/aromatic N) is 1. The van der Waals surface area contributed by atoms with Crippen LogP contribution in [0.5, 0.6) is 0 Å². The van der Waals surface area contributed by atoms with Crippen molar-refractivity contribution in [1.29, 1.82) is 0 Å². The number of benzene rings is 1. The predicted molar refractivity (Wildman–Crippen MR) is 90.0 cm³/mol. The minimum Gasteiger partial charge on any atom is -0.354 e. The first-order valence-corrected chi connectivity index (χ1v) is 9.19. The Kier molecular flexibility index (Phi) is 6.29. The number of carbonyl (C=O) groups excluding carboxylic acids is 2. The average Bonchev–Trinajstić information content (AvgIpc) is 2.55. The lowest BCUT2D eigenvalue weighted by Gasteiger charge is -2.26. The zero-order valence-corrected chi connectivity index (χ0v) is 14.4. The highest BCUT2D eigenvalue weighted by Crippen LogP contribution is 2.20. The van der Waals surface area contributed by atoms with Gasteiger partial charge in [-0.05, 0) is 38.2 Å². The van der Waals surface area contributed by atoms with Crippen LogP contribution in [0, 0.1) is 0 Å². The first-order valence-electron chi connectivity index (χ1n) is 7.75. The monoisotopic (exact) mass is 354 g/mol. The first kappa shape index (κ1) is 18.4. The quantitative estimate of drug-likeness (QED) is 0.585. The van der Waals surface area contributed by atoms with Crippen molar-refractivity contribution in [3.63, 3.8) is 0 Å². The zero-order valence-electron chi connectivity index (χ0n) is 13.5. The summed E-state index contributed by atoms with van der Waals surface area (Å²) < 4.78 is 26.4. The lowest BCUT2D eigenvalue weighted by Crippen LogP contribution is -2.49. The van der Waals surface area contributed by atoms with Crippen LogP contribution in [0.1, 0.15) is 12.8 Å². The molecule has 0 radical (unpaired) electrons. The summed E-state index contributed by atoms with van der Waals surface area (Å²) >= 11 is 0. The molecular formula is C15H22N4O4S. The van der Waals surface area contributed by atoms with Gasteiger partial charge in [0.15, 0.2) is 0 Å². The zero-order chi connectivity index (χ0) is 17.6. The Morgan fingerprint density at radius 2 is 2.17 bits per heavy atom. The summed E-state index contributed by atoms with van der Waals surface area (Å²) in [6.45, 7) is 1.07. The van der Waals surface area contributed by atoms with Crippen molar-refractivity contribution in [3.05, 3.63) is 24.3 Å². The molecule has 9 heteroatoms. The Balaban J connectivity index is 2.08. The first-order chi connectivity index (χ1) is 11.4. The van der Waals surface area contributed by atoms with Gasteiger partial charge < -0.3 is 16.0 Å². The van der Waals surface area contributed by atoms with Gasteiger partial charge in [0.1, 0.15) is 0 Å². The summed E-state index contributed by atoms with van der Waals surface area (Å²) in [6, 6.07) is 6.08. The van der Waals surface area contributed by atoms with Gasteiger partial charge in [0, 0.05) is 25.2 Å². The number of anilines is 1. The van der Waals surface area contributed by atoms with Gasteiger partial charge in [0.2, 0.25) is 21.8 Å². The van der Waals surface area contributed by atoms with Crippen LogP contribution in [-0.2, 0) is 19.6 Å². The number of hydrogen-bond acceptors (Lipinski definition) is 5. The van der Waals surface area contributed by atoms with E-state index in [4.69, 9.17) is 0 Å². The van der Waals surface area contributed by atoms with Gasteiger partial charge in [-0.15, -0.1) is 0 Å². The molecule has 0 atom stereocenters. The molecule has 132 valence electrons. The second kappa shape index (κ2) is 8.22. The molecule has 1 aliphatic heterocycles. The van der Waals surface area contributed by atoms with Crippen LogP contribution in [0.4, 0.5) is 5.69 Å². The summed E-state index contributed by atoms with van der Waals surface area (Å²) in [5, 5.41) is 8.24. The Hall–Kier alpha value is -1.97. The van der Waals surface area contributed by atoms with Crippen molar-refractivity contribution in [2.45, 2.75) is 17.7 Å². The van der Waals surface area contributed by atoms with E-state index in [1.54, 1.807) is 12.1 Å². The molecule has 8 nitrogen and oxygen atoms in total. The topological polar surface area (TPSA) is 108 Å². The highest BCUT2D eigenvalue weighted by Gasteiger charge is 2.29. The maximum Gasteiger partial charge on any atom is 0.243 e. The molecule has 0 bridgehead atoms. The summed E-state index contributed by atoms with van der Waals surface area (Å²) in [7, 11) is -1.95. The minimum absolute atomic E-state index is 0.0604. The van der Waals surface area contributed by atoms with E-state index >= 15 is 0 Å². The second-order valence-electron chi connectivity index (χ2n) is 5.47. The van der Waals surface area contributed by atoms with Gasteiger partial charge >= 0.3 is 0 Å². The SMILES string of the molecule is CNCCCC(=O)Nc1cccc(S(=O)(=O)N2CCNC(=O)C2)c1. The number of hydrogen-bond donors (Lipinski definition) is 3. The summed E-state index contributed by atoms with van der Waals surface area (Å²) in [5.74, 6) is -0.490. The fraction of sp³-hybridized carbons (Fsp3) is 0.467. The Labute approximate surface area is 141 Å². The molecule has 0 aliphatic carbocycles. The van der Waals surface area contributed by atoms with Crippen LogP contribution in [0.3, 0.4) is 0 Å². The van der Waals surface area contributed by atoms with Gasteiger partial charge in [0.05, 0.1) is 11.4 Å². The predicted octanol–water partition coefficient (Wildman–Crippen LogP) is -0.255. The molecule has 3 N–H and O–H groups in total. The van der Waals surface area contributed by atoms with Gasteiger partial charge in [0.25, 0.3) is 0 Å². The van der Waals surface area contributed by atoms with Gasteiger partial charge in [-0.25, -0.2) is 8.42 Å². The summed E-state index contributed by atoms with van der Waals surface area (Å²) in [4.78, 5) is 23.3. The number of nitrogens with one attached hydrogen (secondary N) is 3. The Morgan fingerprint density at radius 3 is 2.88 bits per heavy atom. The number of sulfonamides is 1. The van der Waals surface area contributed by atoms with E-state index in [9.17, 15) is 18.0 Å². The van der Waals surface area contributed by atoms with Crippen molar-refractivity contribution in [1.82, 2.24) is 14.9 Å². The minimum atomic E-state index is -3.76. The summed E-state index contributed by atoms with van der Waals surface area (Å²) in [5.41, 5.74) is 0.423. The van der Waals surface area contributed by atoms with E-state index in [0.717, 1.165) is 10.8 Å². The van der Waals surface area contributed by atoms with Crippen molar-refractivity contribution in [2.24, 2.45) is 0 Å². The maximum absolute atomic E-state index is 12.6. The molecule has 1 aromatic carbocycles. The number of rotatable bonds is 7. The van der Waals surface area contributed by atoms with Gasteiger partial charge in [-0.1, -0.05) is 6.07 Å². The van der Waals surface area contributed by atoms with E-state index in [0.29, 0.717) is 25.1 Å². The highest BCUT2D eigenvalue weighted by atomic mass is 32.2. The highest BCUT2D eigenvalue weighted by molar-refractivity contribution is 7.89. The molecular weight excluding hydrogens is 332 g/mol. The Morgan fingerprint density at radius 1 is 1.38 bits per heavy atom. The molecule has 24 heavy (non-hydrogen) atoms. The third kappa shape index (κ3) is 4.76. The smallest absolute Gasteiger partial charge is 0.243 e. The molecule has 2 rings (SSSR count). The lowest BCUT2D eigenvalue weighted by molar-refractivity contribution is -0.122. The molecule has 1 aromatic rings. The van der Waals surface area contributed by atoms with Crippen LogP contribution in [0.25, 0.3) is 0 Å². The average molecular weight is 354 g/mol. The molecule has 1 saturated heterocycles. The van der Waals surface area contributed by atoms with Crippen molar-refractivity contribution >= 4 is 27.5 Å². The van der Waals surface area contributed by atoms with E-state index in [1.807, 2.05) is 7.05 Å². The van der Waals surface area contributed by atoms with Crippen molar-refractivity contribution in [2.75, 3.05) is 38.5 Å². The molecule has 1 heterocycles. The van der Waals surface area contributed by atoms with Gasteiger partial charge in [-0.3, -0.25) is 9.59 Å². The van der Waals surface area contributed by atoms with Crippen molar-refractivity contribution < 1.29 is 18.0 Å². The number of piperazine rings is 1. The number of amides is 2. The van der Waals surface area contributed by atoms with Crippen LogP contribution in [0.15, 0.2) is 29.2 Å². The van der Waals surface area contributed by atoms with Crippen molar-refractivity contribution in [3.8, 4) is 0 Å². The van der Waals surface area contributed by atoms with Crippen LogP contribution in [-0.4, -0.2) is 57.8 Å². The van der Waals surface area contributed by atoms with E-state index in [-0.39, 0.29) is 29.8 Å². The fourth-order valence-corrected chi connectivity index (χ4v) is 3.80. The second-order valence-corrected chi connectivity index (χ2v) is 7.41. The van der Waals surface area contributed by atoms with Crippen LogP contribution < -0.4 is 16.0 Å². The fourth-order valence-electron chi connectivity index (χ4n) is 2.35. The van der Waals surface area contributed by atoms with E-state index in [1.165, 1.54) is 12.1 Å². The Bertz CT molecular complexity index is 705. The maximum atomic E-state index is 12.6. The molecule has 1 fully saturated rings. The van der Waals surface area contributed by atoms with E-state index < -0.39 is 10.0 Å². The number of carbonyl (C=O) groups is 2. The molecule has 0 aromatic heterocycles. The normalized spacial score (nSPS) is 15.8.